The number of aliphatic carboxylic acids is 1. The van der Waals surface area contributed by atoms with Crippen LogP contribution < -0.4 is 0 Å². The largest absolute Gasteiger partial charge is 0.481 e. The molecule has 1 atom stereocenters. The van der Waals surface area contributed by atoms with E-state index in [1.807, 2.05) is 27.7 Å². The van der Waals surface area contributed by atoms with Crippen LogP contribution in [0, 0.1) is 11.3 Å². The molecule has 1 amide bonds. The van der Waals surface area contributed by atoms with Crippen LogP contribution in [0.3, 0.4) is 0 Å². The summed E-state index contributed by atoms with van der Waals surface area (Å²) in [5.41, 5.74) is -1.36. The van der Waals surface area contributed by atoms with E-state index in [2.05, 4.69) is 0 Å². The van der Waals surface area contributed by atoms with Crippen LogP contribution in [0.1, 0.15) is 40.5 Å². The molecule has 0 saturated carbocycles. The molecule has 1 heterocycles. The van der Waals surface area contributed by atoms with Gasteiger partial charge in [-0.15, -0.1) is 0 Å². The van der Waals surface area contributed by atoms with E-state index in [9.17, 15) is 14.7 Å². The maximum atomic E-state index is 12.0. The van der Waals surface area contributed by atoms with Crippen LogP contribution in [0.4, 0.5) is 4.79 Å². The number of rotatable bonds is 4. The summed E-state index contributed by atoms with van der Waals surface area (Å²) in [6, 6.07) is 0. The highest BCUT2D eigenvalue weighted by atomic mass is 16.6. The number of amides is 1. The van der Waals surface area contributed by atoms with Crippen LogP contribution in [0.15, 0.2) is 0 Å². The Bertz CT molecular complexity index is 380. The van der Waals surface area contributed by atoms with Gasteiger partial charge in [-0.3, -0.25) is 4.79 Å². The van der Waals surface area contributed by atoms with E-state index >= 15 is 0 Å². The Morgan fingerprint density at radius 1 is 1.29 bits per heavy atom. The van der Waals surface area contributed by atoms with Crippen molar-refractivity contribution in [1.82, 2.24) is 4.90 Å². The van der Waals surface area contributed by atoms with Crippen molar-refractivity contribution < 1.29 is 24.2 Å². The summed E-state index contributed by atoms with van der Waals surface area (Å²) < 4.78 is 10.4. The second-order valence-corrected chi connectivity index (χ2v) is 6.79. The standard InChI is InChI=1S/C15H27NO5/c1-11(10-20-5)15(12(17)18)6-8-16(9-7-15)13(19)21-14(2,3)4/h11H,6-10H2,1-5H3,(H,17,18). The topological polar surface area (TPSA) is 76.1 Å². The van der Waals surface area contributed by atoms with Gasteiger partial charge in [0, 0.05) is 26.8 Å². The van der Waals surface area contributed by atoms with Crippen molar-refractivity contribution in [3.8, 4) is 0 Å². The molecule has 0 aromatic rings. The van der Waals surface area contributed by atoms with Gasteiger partial charge in [0.15, 0.2) is 0 Å². The molecular weight excluding hydrogens is 274 g/mol. The van der Waals surface area contributed by atoms with Crippen LogP contribution in [-0.2, 0) is 14.3 Å². The molecule has 0 aliphatic carbocycles. The van der Waals surface area contributed by atoms with Crippen molar-refractivity contribution in [3.63, 3.8) is 0 Å². The lowest BCUT2D eigenvalue weighted by Crippen LogP contribution is -2.51. The Hall–Kier alpha value is -1.30. The number of likely N-dealkylation sites (tertiary alicyclic amines) is 1. The Morgan fingerprint density at radius 3 is 2.19 bits per heavy atom. The predicted molar refractivity (Wildman–Crippen MR) is 78.1 cm³/mol. The molecule has 0 aromatic carbocycles. The number of methoxy groups -OCH3 is 1. The molecule has 1 aliphatic rings. The molecule has 21 heavy (non-hydrogen) atoms. The molecule has 6 nitrogen and oxygen atoms in total. The minimum atomic E-state index is -0.825. The second-order valence-electron chi connectivity index (χ2n) is 6.79. The maximum Gasteiger partial charge on any atom is 0.410 e. The third kappa shape index (κ3) is 4.33. The van der Waals surface area contributed by atoms with Crippen molar-refractivity contribution in [1.29, 1.82) is 0 Å². The van der Waals surface area contributed by atoms with Crippen LogP contribution in [0.25, 0.3) is 0 Å². The van der Waals surface area contributed by atoms with Gasteiger partial charge < -0.3 is 19.5 Å². The number of carboxylic acid groups (broad SMARTS) is 1. The summed E-state index contributed by atoms with van der Waals surface area (Å²) in [6.45, 7) is 8.54. The average Bonchev–Trinajstić information content (AvgIpc) is 2.36. The van der Waals surface area contributed by atoms with Gasteiger partial charge in [0.2, 0.25) is 0 Å². The molecule has 0 aromatic heterocycles. The molecule has 6 heteroatoms. The molecule has 122 valence electrons. The molecule has 1 fully saturated rings. The number of piperidine rings is 1. The summed E-state index contributed by atoms with van der Waals surface area (Å²) in [6.07, 6.45) is 0.471. The van der Waals surface area contributed by atoms with Gasteiger partial charge in [-0.05, 0) is 39.5 Å². The predicted octanol–water partition coefficient (Wildman–Crippen LogP) is 2.37. The highest BCUT2D eigenvalue weighted by molar-refractivity contribution is 5.76. The van der Waals surface area contributed by atoms with Crippen LogP contribution in [0.5, 0.6) is 0 Å². The monoisotopic (exact) mass is 301 g/mol. The Kier molecular flexibility index (Phi) is 5.61. The van der Waals surface area contributed by atoms with Crippen molar-refractivity contribution in [2.75, 3.05) is 26.8 Å². The fourth-order valence-electron chi connectivity index (χ4n) is 2.74. The first kappa shape index (κ1) is 17.8. The maximum absolute atomic E-state index is 12.0. The fourth-order valence-corrected chi connectivity index (χ4v) is 2.74. The smallest absolute Gasteiger partial charge is 0.410 e. The molecule has 0 bridgehead atoms. The normalized spacial score (nSPS) is 20.0. The summed E-state index contributed by atoms with van der Waals surface area (Å²) in [5, 5.41) is 9.61. The fraction of sp³-hybridized carbons (Fsp3) is 0.867. The van der Waals surface area contributed by atoms with Gasteiger partial charge in [0.25, 0.3) is 0 Å². The van der Waals surface area contributed by atoms with E-state index in [1.54, 1.807) is 12.0 Å². The van der Waals surface area contributed by atoms with Gasteiger partial charge in [0.05, 0.1) is 5.41 Å². The molecule has 0 spiro atoms. The average molecular weight is 301 g/mol. The lowest BCUT2D eigenvalue weighted by atomic mass is 9.69. The first-order chi connectivity index (χ1) is 9.62. The molecule has 1 rings (SSSR count). The van der Waals surface area contributed by atoms with Gasteiger partial charge in [-0.1, -0.05) is 6.92 Å². The Balaban J connectivity index is 2.71. The van der Waals surface area contributed by atoms with E-state index < -0.39 is 17.0 Å². The van der Waals surface area contributed by atoms with Crippen LogP contribution in [0.2, 0.25) is 0 Å². The molecule has 1 aliphatic heterocycles. The number of hydrogen-bond donors (Lipinski definition) is 1. The molecular formula is C15H27NO5. The van der Waals surface area contributed by atoms with Gasteiger partial charge >= 0.3 is 12.1 Å². The number of hydrogen-bond acceptors (Lipinski definition) is 4. The number of nitrogens with zero attached hydrogens (tertiary/aromatic N) is 1. The minimum absolute atomic E-state index is 0.0965. The summed E-state index contributed by atoms with van der Waals surface area (Å²) >= 11 is 0. The SMILES string of the molecule is COCC(C)C1(C(=O)O)CCN(C(=O)OC(C)(C)C)CC1. The molecule has 1 unspecified atom stereocenters. The molecule has 0 radical (unpaired) electrons. The molecule has 1 N–H and O–H groups in total. The van der Waals surface area contributed by atoms with Gasteiger partial charge in [-0.25, -0.2) is 4.79 Å². The Labute approximate surface area is 126 Å². The minimum Gasteiger partial charge on any atom is -0.481 e. The van der Waals surface area contributed by atoms with Gasteiger partial charge in [-0.2, -0.15) is 0 Å². The zero-order valence-corrected chi connectivity index (χ0v) is 13.6. The highest BCUT2D eigenvalue weighted by Gasteiger charge is 2.47. The lowest BCUT2D eigenvalue weighted by molar-refractivity contribution is -0.157. The zero-order chi connectivity index (χ0) is 16.3. The van der Waals surface area contributed by atoms with Gasteiger partial charge in [0.1, 0.15) is 5.60 Å². The zero-order valence-electron chi connectivity index (χ0n) is 13.6. The third-order valence-electron chi connectivity index (χ3n) is 4.09. The summed E-state index contributed by atoms with van der Waals surface area (Å²) in [5.74, 6) is -0.906. The van der Waals surface area contributed by atoms with Crippen LogP contribution >= 0.6 is 0 Å². The van der Waals surface area contributed by atoms with E-state index in [0.717, 1.165) is 0 Å². The van der Waals surface area contributed by atoms with Crippen molar-refractivity contribution in [2.45, 2.75) is 46.1 Å². The van der Waals surface area contributed by atoms with E-state index in [-0.39, 0.29) is 12.0 Å². The van der Waals surface area contributed by atoms with Crippen molar-refractivity contribution in [2.24, 2.45) is 11.3 Å². The number of carboxylic acids is 1. The Morgan fingerprint density at radius 2 is 1.81 bits per heavy atom. The lowest BCUT2D eigenvalue weighted by Gasteiger charge is -2.42. The van der Waals surface area contributed by atoms with E-state index in [1.165, 1.54) is 0 Å². The van der Waals surface area contributed by atoms with E-state index in [4.69, 9.17) is 9.47 Å². The summed E-state index contributed by atoms with van der Waals surface area (Å²) in [4.78, 5) is 25.3. The first-order valence-electron chi connectivity index (χ1n) is 7.32. The highest BCUT2D eigenvalue weighted by Crippen LogP contribution is 2.39. The van der Waals surface area contributed by atoms with Crippen molar-refractivity contribution in [3.05, 3.63) is 0 Å². The van der Waals surface area contributed by atoms with Crippen molar-refractivity contribution >= 4 is 12.1 Å². The van der Waals surface area contributed by atoms with E-state index in [0.29, 0.717) is 32.5 Å². The summed E-state index contributed by atoms with van der Waals surface area (Å²) in [7, 11) is 1.57. The van der Waals surface area contributed by atoms with Crippen LogP contribution in [-0.4, -0.2) is 54.5 Å². The number of carbonyl (C=O) groups is 2. The number of ether oxygens (including phenoxy) is 2. The number of carbonyl (C=O) groups excluding carboxylic acids is 1. The molecule has 1 saturated heterocycles. The quantitative estimate of drug-likeness (QED) is 0.862. The third-order valence-corrected chi connectivity index (χ3v) is 4.09. The second kappa shape index (κ2) is 6.64. The first-order valence-corrected chi connectivity index (χ1v) is 7.32.